The normalized spacial score (nSPS) is 11.8. The summed E-state index contributed by atoms with van der Waals surface area (Å²) < 4.78 is 1.76. The van der Waals surface area contributed by atoms with E-state index in [0.717, 1.165) is 11.4 Å². The van der Waals surface area contributed by atoms with Gasteiger partial charge in [0, 0.05) is 15.5 Å². The van der Waals surface area contributed by atoms with Gasteiger partial charge in [0.2, 0.25) is 0 Å². The van der Waals surface area contributed by atoms with E-state index in [4.69, 9.17) is 23.2 Å². The highest BCUT2D eigenvalue weighted by atomic mass is 35.5. The lowest BCUT2D eigenvalue weighted by molar-refractivity contribution is 0.490. The van der Waals surface area contributed by atoms with E-state index in [1.165, 1.54) is 0 Å². The second-order valence-electron chi connectivity index (χ2n) is 5.15. The highest BCUT2D eigenvalue weighted by Crippen LogP contribution is 2.24. The topological polar surface area (TPSA) is 43.6 Å². The first-order valence-corrected chi connectivity index (χ1v) is 6.34. The van der Waals surface area contributed by atoms with Gasteiger partial charge in [0.1, 0.15) is 0 Å². The molecular formula is C12H14Cl2N4. The summed E-state index contributed by atoms with van der Waals surface area (Å²) in [5.74, 6) is 0.827. The van der Waals surface area contributed by atoms with Crippen molar-refractivity contribution in [2.75, 3.05) is 0 Å². The van der Waals surface area contributed by atoms with Gasteiger partial charge in [0.25, 0.3) is 0 Å². The number of rotatable bonds is 2. The molecule has 0 bridgehead atoms. The maximum absolute atomic E-state index is 6.15. The average Bonchev–Trinajstić information content (AvgIpc) is 2.70. The number of tetrazole rings is 1. The molecule has 0 aliphatic carbocycles. The number of halogens is 2. The van der Waals surface area contributed by atoms with Crippen molar-refractivity contribution < 1.29 is 0 Å². The van der Waals surface area contributed by atoms with Crippen LogP contribution in [0.1, 0.15) is 32.2 Å². The minimum atomic E-state index is -0.109. The Bertz CT molecular complexity index is 557. The lowest BCUT2D eigenvalue weighted by atomic mass is 9.96. The van der Waals surface area contributed by atoms with Crippen molar-refractivity contribution in [3.8, 4) is 0 Å². The second kappa shape index (κ2) is 4.86. The number of hydrogen-bond donors (Lipinski definition) is 0. The molecule has 1 heterocycles. The summed E-state index contributed by atoms with van der Waals surface area (Å²) in [6.07, 6.45) is 0. The summed E-state index contributed by atoms with van der Waals surface area (Å²) in [4.78, 5) is 0. The van der Waals surface area contributed by atoms with Crippen LogP contribution in [0.3, 0.4) is 0 Å². The zero-order valence-electron chi connectivity index (χ0n) is 10.5. The van der Waals surface area contributed by atoms with Gasteiger partial charge in [-0.15, -0.1) is 5.10 Å². The number of nitrogens with zero attached hydrogens (tertiary/aromatic N) is 4. The van der Waals surface area contributed by atoms with Crippen molar-refractivity contribution in [1.82, 2.24) is 20.2 Å². The van der Waals surface area contributed by atoms with Gasteiger partial charge in [-0.2, -0.15) is 0 Å². The first-order chi connectivity index (χ1) is 8.38. The van der Waals surface area contributed by atoms with Crippen LogP contribution in [0, 0.1) is 0 Å². The van der Waals surface area contributed by atoms with Crippen molar-refractivity contribution in [3.05, 3.63) is 39.6 Å². The molecule has 0 N–H and O–H groups in total. The van der Waals surface area contributed by atoms with E-state index in [9.17, 15) is 0 Å². The van der Waals surface area contributed by atoms with Gasteiger partial charge in [0.05, 0.1) is 6.54 Å². The molecule has 4 nitrogen and oxygen atoms in total. The Balaban J connectivity index is 2.32. The Morgan fingerprint density at radius 3 is 2.56 bits per heavy atom. The maximum Gasteiger partial charge on any atom is 0.156 e. The zero-order chi connectivity index (χ0) is 13.3. The molecule has 2 aromatic rings. The van der Waals surface area contributed by atoms with E-state index < -0.39 is 0 Å². The molecule has 2 rings (SSSR count). The lowest BCUT2D eigenvalue weighted by Gasteiger charge is -2.17. The Kier molecular flexibility index (Phi) is 3.59. The Morgan fingerprint density at radius 2 is 1.94 bits per heavy atom. The molecule has 0 saturated heterocycles. The Labute approximate surface area is 116 Å². The molecule has 0 saturated carbocycles. The monoisotopic (exact) mass is 284 g/mol. The second-order valence-corrected chi connectivity index (χ2v) is 5.99. The van der Waals surface area contributed by atoms with Crippen LogP contribution in [0.4, 0.5) is 0 Å². The third-order valence-electron chi connectivity index (χ3n) is 2.54. The van der Waals surface area contributed by atoms with Gasteiger partial charge in [-0.3, -0.25) is 0 Å². The number of hydrogen-bond acceptors (Lipinski definition) is 3. The van der Waals surface area contributed by atoms with E-state index in [2.05, 4.69) is 36.3 Å². The molecule has 18 heavy (non-hydrogen) atoms. The van der Waals surface area contributed by atoms with Gasteiger partial charge >= 0.3 is 0 Å². The van der Waals surface area contributed by atoms with Crippen LogP contribution in [0.15, 0.2) is 18.2 Å². The smallest absolute Gasteiger partial charge is 0.156 e. The summed E-state index contributed by atoms with van der Waals surface area (Å²) in [5, 5.41) is 13.0. The van der Waals surface area contributed by atoms with Crippen LogP contribution in [0.2, 0.25) is 10.0 Å². The van der Waals surface area contributed by atoms with E-state index in [1.807, 2.05) is 12.1 Å². The summed E-state index contributed by atoms with van der Waals surface area (Å²) in [5.41, 5.74) is 0.835. The van der Waals surface area contributed by atoms with E-state index in [-0.39, 0.29) is 5.41 Å². The van der Waals surface area contributed by atoms with Gasteiger partial charge < -0.3 is 0 Å². The van der Waals surface area contributed by atoms with Gasteiger partial charge in [-0.1, -0.05) is 50.0 Å². The molecule has 0 spiro atoms. The van der Waals surface area contributed by atoms with Crippen molar-refractivity contribution in [1.29, 1.82) is 0 Å². The molecule has 0 amide bonds. The molecule has 0 fully saturated rings. The quantitative estimate of drug-likeness (QED) is 0.850. The molecule has 0 aliphatic heterocycles. The van der Waals surface area contributed by atoms with Gasteiger partial charge in [-0.25, -0.2) is 4.68 Å². The molecule has 1 aromatic carbocycles. The highest BCUT2D eigenvalue weighted by molar-refractivity contribution is 6.35. The summed E-state index contributed by atoms with van der Waals surface area (Å²) in [7, 11) is 0. The van der Waals surface area contributed by atoms with Crippen molar-refractivity contribution in [2.24, 2.45) is 0 Å². The summed E-state index contributed by atoms with van der Waals surface area (Å²) >= 11 is 12.0. The van der Waals surface area contributed by atoms with Crippen LogP contribution in [0.25, 0.3) is 0 Å². The molecular weight excluding hydrogens is 271 g/mol. The predicted molar refractivity (Wildman–Crippen MR) is 72.1 cm³/mol. The Morgan fingerprint density at radius 1 is 1.22 bits per heavy atom. The minimum Gasteiger partial charge on any atom is -0.225 e. The summed E-state index contributed by atoms with van der Waals surface area (Å²) in [6.45, 7) is 6.74. The fraction of sp³-hybridized carbons (Fsp3) is 0.417. The standard InChI is InChI=1S/C12H14Cl2N4/c1-12(2,3)11-15-16-17-18(11)7-8-4-5-9(13)6-10(8)14/h4-6H,7H2,1-3H3. The van der Waals surface area contributed by atoms with Gasteiger partial charge in [0.15, 0.2) is 5.82 Å². The number of benzene rings is 1. The predicted octanol–water partition coefficient (Wildman–Crippen LogP) is 3.33. The first-order valence-electron chi connectivity index (χ1n) is 5.58. The third kappa shape index (κ3) is 2.82. The van der Waals surface area contributed by atoms with E-state index >= 15 is 0 Å². The molecule has 6 heteroatoms. The molecule has 0 radical (unpaired) electrons. The van der Waals surface area contributed by atoms with Crippen LogP contribution in [-0.2, 0) is 12.0 Å². The lowest BCUT2D eigenvalue weighted by Crippen LogP contribution is -2.20. The summed E-state index contributed by atoms with van der Waals surface area (Å²) in [6, 6.07) is 5.42. The van der Waals surface area contributed by atoms with E-state index in [1.54, 1.807) is 10.7 Å². The minimum absolute atomic E-state index is 0.109. The fourth-order valence-electron chi connectivity index (χ4n) is 1.66. The average molecular weight is 285 g/mol. The third-order valence-corrected chi connectivity index (χ3v) is 3.12. The number of aromatic nitrogens is 4. The van der Waals surface area contributed by atoms with Crippen molar-refractivity contribution >= 4 is 23.2 Å². The van der Waals surface area contributed by atoms with Crippen LogP contribution in [0.5, 0.6) is 0 Å². The molecule has 1 aromatic heterocycles. The van der Waals surface area contributed by atoms with Crippen LogP contribution >= 0.6 is 23.2 Å². The highest BCUT2D eigenvalue weighted by Gasteiger charge is 2.22. The van der Waals surface area contributed by atoms with Crippen molar-refractivity contribution in [3.63, 3.8) is 0 Å². The maximum atomic E-state index is 6.15. The molecule has 0 aliphatic rings. The largest absolute Gasteiger partial charge is 0.225 e. The first kappa shape index (κ1) is 13.3. The Hall–Kier alpha value is -1.13. The van der Waals surface area contributed by atoms with Crippen LogP contribution < -0.4 is 0 Å². The molecule has 0 atom stereocenters. The molecule has 96 valence electrons. The van der Waals surface area contributed by atoms with Crippen LogP contribution in [-0.4, -0.2) is 20.2 Å². The van der Waals surface area contributed by atoms with E-state index in [0.29, 0.717) is 16.6 Å². The van der Waals surface area contributed by atoms with Gasteiger partial charge in [-0.05, 0) is 28.1 Å². The zero-order valence-corrected chi connectivity index (χ0v) is 12.0. The SMILES string of the molecule is CC(C)(C)c1nnnn1Cc1ccc(Cl)cc1Cl. The molecule has 0 unspecified atom stereocenters. The fourth-order valence-corrected chi connectivity index (χ4v) is 2.13. The van der Waals surface area contributed by atoms with Crippen molar-refractivity contribution in [2.45, 2.75) is 32.7 Å².